The van der Waals surface area contributed by atoms with Gasteiger partial charge in [0, 0.05) is 49.0 Å². The van der Waals surface area contributed by atoms with Crippen LogP contribution < -0.4 is 4.90 Å². The smallest absolute Gasteiger partial charge is 0.303 e. The lowest BCUT2D eigenvalue weighted by Crippen LogP contribution is -2.27. The molecule has 10 nitrogen and oxygen atoms in total. The van der Waals surface area contributed by atoms with Crippen LogP contribution in [0, 0.1) is 7.14 Å². The van der Waals surface area contributed by atoms with Gasteiger partial charge in [0.2, 0.25) is 5.69 Å². The molecule has 3 aromatic carbocycles. The number of aliphatic carboxylic acids is 1. The van der Waals surface area contributed by atoms with E-state index >= 15 is 0 Å². The molecule has 14 heteroatoms. The van der Waals surface area contributed by atoms with Gasteiger partial charge in [-0.1, -0.05) is 56.7 Å². The maximum absolute atomic E-state index is 12.5. The average molecular weight is 971 g/mol. The molecule has 52 heavy (non-hydrogen) atoms. The highest BCUT2D eigenvalue weighted by molar-refractivity contribution is 14.1. The predicted octanol–water partition coefficient (Wildman–Crippen LogP) is 8.20. The summed E-state index contributed by atoms with van der Waals surface area (Å²) in [6.45, 7) is 8.69. The van der Waals surface area contributed by atoms with Crippen molar-refractivity contribution >= 4 is 99.2 Å². The first kappa shape index (κ1) is 40.3. The molecule has 3 aromatic rings. The van der Waals surface area contributed by atoms with Crippen molar-refractivity contribution in [3.05, 3.63) is 103 Å². The highest BCUT2D eigenvalue weighted by Crippen LogP contribution is 2.52. The first-order valence-corrected chi connectivity index (χ1v) is 21.5. The number of carboxylic acid groups (broad SMARTS) is 1. The number of carbonyl (C=O) groups is 1. The lowest BCUT2D eigenvalue weighted by Gasteiger charge is -2.27. The molecule has 0 saturated heterocycles. The number of hydrogen-bond acceptors (Lipinski definition) is 7. The van der Waals surface area contributed by atoms with Gasteiger partial charge in [-0.3, -0.25) is 9.35 Å². The van der Waals surface area contributed by atoms with Crippen LogP contribution in [0.25, 0.3) is 10.8 Å². The van der Waals surface area contributed by atoms with Crippen LogP contribution >= 0.6 is 45.2 Å². The molecule has 0 spiro atoms. The molecule has 2 aliphatic rings. The van der Waals surface area contributed by atoms with Crippen molar-refractivity contribution in [1.82, 2.24) is 0 Å². The van der Waals surface area contributed by atoms with E-state index in [0.717, 1.165) is 11.8 Å². The van der Waals surface area contributed by atoms with Gasteiger partial charge in [-0.15, -0.1) is 0 Å². The van der Waals surface area contributed by atoms with Crippen molar-refractivity contribution < 1.29 is 40.4 Å². The van der Waals surface area contributed by atoms with E-state index in [1.807, 2.05) is 55.2 Å². The van der Waals surface area contributed by atoms with Crippen LogP contribution in [0.15, 0.2) is 94.4 Å². The van der Waals surface area contributed by atoms with Crippen LogP contribution in [0.5, 0.6) is 0 Å². The molecule has 0 aromatic heterocycles. The summed E-state index contributed by atoms with van der Waals surface area (Å²) < 4.78 is 76.3. The normalized spacial score (nSPS) is 17.8. The Morgan fingerprint density at radius 3 is 2.21 bits per heavy atom. The molecule has 0 unspecified atom stereocenters. The fraction of sp³-hybridized carbons (Fsp3) is 0.316. The molecule has 0 amide bonds. The Kier molecular flexibility index (Phi) is 11.7. The van der Waals surface area contributed by atoms with Crippen molar-refractivity contribution in [2.24, 2.45) is 0 Å². The molecular weight excluding hydrogens is 930 g/mol. The summed E-state index contributed by atoms with van der Waals surface area (Å²) in [7, 11) is -7.55. The number of nitrogens with zero attached hydrogens (tertiary/aromatic N) is 2. The maximum atomic E-state index is 12.5. The van der Waals surface area contributed by atoms with E-state index in [9.17, 15) is 30.7 Å². The zero-order chi connectivity index (χ0) is 38.4. The molecule has 5 rings (SSSR count). The fourth-order valence-corrected chi connectivity index (χ4v) is 11.1. The van der Waals surface area contributed by atoms with Gasteiger partial charge in [0.15, 0.2) is 5.71 Å². The molecule has 0 saturated carbocycles. The van der Waals surface area contributed by atoms with Crippen molar-refractivity contribution in [2.45, 2.75) is 74.0 Å². The summed E-state index contributed by atoms with van der Waals surface area (Å²) in [4.78, 5) is 12.1. The largest absolute Gasteiger partial charge is 0.744 e. The number of allylic oxidation sites excluding steroid dienone is 8. The number of halogens is 2. The minimum atomic E-state index is -4.99. The van der Waals surface area contributed by atoms with E-state index in [-0.39, 0.29) is 22.6 Å². The molecule has 0 fully saturated rings. The van der Waals surface area contributed by atoms with Gasteiger partial charge in [-0.2, -0.15) is 13.0 Å². The lowest BCUT2D eigenvalue weighted by atomic mass is 9.81. The zero-order valence-corrected chi connectivity index (χ0v) is 35.3. The Labute approximate surface area is 332 Å². The van der Waals surface area contributed by atoms with Crippen molar-refractivity contribution in [3.63, 3.8) is 0 Å². The third-order valence-electron chi connectivity index (χ3n) is 9.71. The molecule has 0 radical (unpaired) electrons. The SMILES string of the molecule is C[N+]1=C(/C=C/C=C/C=C/C=C2\N(CCCCCC(=O)O)c3cc(S(=O)(=O)[O-])c4ccc(S(=O)(=O)O)cc4c3C2(C)C)C(C)(C)c2c(I)cc(I)cc21. The van der Waals surface area contributed by atoms with E-state index in [4.69, 9.17) is 5.11 Å². The molecule has 2 heterocycles. The molecular formula is C38H40I2N2O8S2. The van der Waals surface area contributed by atoms with Crippen LogP contribution in [0.2, 0.25) is 0 Å². The Morgan fingerprint density at radius 1 is 0.885 bits per heavy atom. The van der Waals surface area contributed by atoms with Crippen molar-refractivity contribution in [2.75, 3.05) is 18.5 Å². The lowest BCUT2D eigenvalue weighted by molar-refractivity contribution is -0.401. The minimum Gasteiger partial charge on any atom is -0.744 e. The summed E-state index contributed by atoms with van der Waals surface area (Å²) in [5.74, 6) is -0.889. The number of anilines is 1. The van der Waals surface area contributed by atoms with Gasteiger partial charge in [0.05, 0.1) is 20.8 Å². The number of hydrogen-bond donors (Lipinski definition) is 2. The zero-order valence-electron chi connectivity index (χ0n) is 29.4. The second-order valence-corrected chi connectivity index (χ2v) is 19.1. The van der Waals surface area contributed by atoms with Crippen LogP contribution in [-0.4, -0.2) is 60.9 Å². The average Bonchev–Trinajstić information content (AvgIpc) is 3.36. The second-order valence-electron chi connectivity index (χ2n) is 13.9. The van der Waals surface area contributed by atoms with Crippen LogP contribution in [0.3, 0.4) is 0 Å². The van der Waals surface area contributed by atoms with Gasteiger partial charge in [0.1, 0.15) is 17.2 Å². The minimum absolute atomic E-state index is 0.0224. The summed E-state index contributed by atoms with van der Waals surface area (Å²) >= 11 is 4.75. The van der Waals surface area contributed by atoms with Gasteiger partial charge >= 0.3 is 5.97 Å². The Morgan fingerprint density at radius 2 is 1.56 bits per heavy atom. The van der Waals surface area contributed by atoms with Gasteiger partial charge in [-0.25, -0.2) is 8.42 Å². The van der Waals surface area contributed by atoms with E-state index in [2.05, 4.69) is 88.9 Å². The highest BCUT2D eigenvalue weighted by atomic mass is 127. The number of benzene rings is 3. The molecule has 2 aliphatic heterocycles. The summed E-state index contributed by atoms with van der Waals surface area (Å²) in [5, 5.41) is 9.37. The standard InChI is InChI=1S/C38H40I2N2O8S2/c1-37(2)32(41(5)29-21-24(39)20-28(40)36(29)37)14-10-7-6-8-11-15-33-38(3,4)35-27-22-25(51(45,46)47)17-18-26(27)31(52(48,49)50)23-30(35)42(33)19-13-9-12-16-34(43)44/h6-8,10-11,14-15,17-18,20-23H,9,12-13,16,19H2,1-5H3,(H2-,43,44,45,46,47,48,49,50). The highest BCUT2D eigenvalue weighted by Gasteiger charge is 2.45. The second kappa shape index (κ2) is 15.1. The number of fused-ring (bicyclic) bond motifs is 4. The monoisotopic (exact) mass is 970 g/mol. The predicted molar refractivity (Wildman–Crippen MR) is 219 cm³/mol. The first-order chi connectivity index (χ1) is 24.2. The van der Waals surface area contributed by atoms with Crippen molar-refractivity contribution in [1.29, 1.82) is 0 Å². The number of carboxylic acids is 1. The quantitative estimate of drug-likeness (QED) is 0.0601. The molecule has 0 atom stereocenters. The molecule has 0 bridgehead atoms. The van der Waals surface area contributed by atoms with Gasteiger partial charge in [-0.05, 0) is 119 Å². The topological polar surface area (TPSA) is 155 Å². The number of unbranched alkanes of at least 4 members (excludes halogenated alkanes) is 2. The van der Waals surface area contributed by atoms with E-state index < -0.39 is 41.4 Å². The number of rotatable bonds is 12. The van der Waals surface area contributed by atoms with Gasteiger partial charge < -0.3 is 14.6 Å². The molecule has 276 valence electrons. The molecule has 0 aliphatic carbocycles. The fourth-order valence-electron chi connectivity index (χ4n) is 7.38. The van der Waals surface area contributed by atoms with Crippen LogP contribution in [0.4, 0.5) is 11.4 Å². The van der Waals surface area contributed by atoms with E-state index in [0.29, 0.717) is 37.1 Å². The maximum Gasteiger partial charge on any atom is 0.303 e. The third-order valence-corrected chi connectivity index (χ3v) is 12.9. The van der Waals surface area contributed by atoms with Gasteiger partial charge in [0.25, 0.3) is 10.1 Å². The Bertz CT molecular complexity index is 2360. The van der Waals surface area contributed by atoms with E-state index in [1.165, 1.54) is 42.3 Å². The summed E-state index contributed by atoms with van der Waals surface area (Å²) in [6.07, 6.45) is 15.2. The van der Waals surface area contributed by atoms with Crippen LogP contribution in [-0.2, 0) is 35.9 Å². The third kappa shape index (κ3) is 7.97. The summed E-state index contributed by atoms with van der Waals surface area (Å²) in [5.41, 5.74) is 4.51. The van der Waals surface area contributed by atoms with E-state index in [1.54, 1.807) is 0 Å². The molecule has 2 N–H and O–H groups in total. The Hall–Kier alpha value is -2.90. The first-order valence-electron chi connectivity index (χ1n) is 16.5. The van der Waals surface area contributed by atoms with Crippen LogP contribution in [0.1, 0.15) is 64.5 Å². The Balaban J connectivity index is 1.51. The summed E-state index contributed by atoms with van der Waals surface area (Å²) in [6, 6.07) is 9.24. The van der Waals surface area contributed by atoms with Crippen molar-refractivity contribution in [3.8, 4) is 0 Å².